The third-order valence-electron chi connectivity index (χ3n) is 4.00. The van der Waals surface area contributed by atoms with E-state index in [1.54, 1.807) is 0 Å². The van der Waals surface area contributed by atoms with Crippen molar-refractivity contribution in [2.24, 2.45) is 0 Å². The molecule has 3 rings (SSSR count). The predicted molar refractivity (Wildman–Crippen MR) is 104 cm³/mol. The summed E-state index contributed by atoms with van der Waals surface area (Å²) in [6.07, 6.45) is 0.930. The van der Waals surface area contributed by atoms with Gasteiger partial charge in [-0.05, 0) is 68.6 Å². The number of hydrogen-bond donors (Lipinski definition) is 0. The van der Waals surface area contributed by atoms with E-state index in [0.29, 0.717) is 12.1 Å². The molecule has 7 heteroatoms. The van der Waals surface area contributed by atoms with Crippen LogP contribution >= 0.6 is 43.2 Å². The SMILES string of the molecule is N#Cc1ccc(N2CCCN(C(=O)c3cc(Br)c(Br)s3)CC2)cc1. The molecule has 0 unspecified atom stereocenters. The summed E-state index contributed by atoms with van der Waals surface area (Å²) in [6.45, 7) is 3.17. The second-order valence-corrected chi connectivity index (χ2v) is 8.75. The van der Waals surface area contributed by atoms with Gasteiger partial charge in [0, 0.05) is 36.3 Å². The van der Waals surface area contributed by atoms with Crippen molar-refractivity contribution in [2.75, 3.05) is 31.1 Å². The van der Waals surface area contributed by atoms with Gasteiger partial charge in [0.25, 0.3) is 5.91 Å². The van der Waals surface area contributed by atoms with Gasteiger partial charge in [-0.15, -0.1) is 11.3 Å². The number of hydrogen-bond acceptors (Lipinski definition) is 4. The van der Waals surface area contributed by atoms with Crippen LogP contribution in [-0.4, -0.2) is 37.0 Å². The summed E-state index contributed by atoms with van der Waals surface area (Å²) in [5, 5.41) is 8.90. The van der Waals surface area contributed by atoms with Crippen molar-refractivity contribution in [1.29, 1.82) is 5.26 Å². The van der Waals surface area contributed by atoms with Crippen molar-refractivity contribution < 1.29 is 4.79 Å². The molecule has 0 saturated carbocycles. The van der Waals surface area contributed by atoms with Gasteiger partial charge in [-0.2, -0.15) is 5.26 Å². The van der Waals surface area contributed by atoms with Gasteiger partial charge in [-0.3, -0.25) is 4.79 Å². The van der Waals surface area contributed by atoms with Crippen LogP contribution in [0.2, 0.25) is 0 Å². The fourth-order valence-corrected chi connectivity index (χ4v) is 4.74. The largest absolute Gasteiger partial charge is 0.370 e. The molecule has 1 aliphatic rings. The Labute approximate surface area is 161 Å². The van der Waals surface area contributed by atoms with E-state index in [9.17, 15) is 4.79 Å². The molecule has 0 N–H and O–H groups in total. The van der Waals surface area contributed by atoms with E-state index in [2.05, 4.69) is 42.8 Å². The highest BCUT2D eigenvalue weighted by molar-refractivity contribution is 9.13. The summed E-state index contributed by atoms with van der Waals surface area (Å²) in [6, 6.07) is 11.6. The Morgan fingerprint density at radius 3 is 2.50 bits per heavy atom. The van der Waals surface area contributed by atoms with Crippen molar-refractivity contribution >= 4 is 54.8 Å². The van der Waals surface area contributed by atoms with Crippen LogP contribution in [0, 0.1) is 11.3 Å². The Balaban J connectivity index is 1.68. The van der Waals surface area contributed by atoms with E-state index in [1.165, 1.54) is 11.3 Å². The minimum absolute atomic E-state index is 0.0908. The van der Waals surface area contributed by atoms with Crippen molar-refractivity contribution in [3.8, 4) is 6.07 Å². The van der Waals surface area contributed by atoms with Crippen molar-refractivity contribution in [1.82, 2.24) is 4.90 Å². The summed E-state index contributed by atoms with van der Waals surface area (Å²) in [7, 11) is 0. The monoisotopic (exact) mass is 467 g/mol. The van der Waals surface area contributed by atoms with Crippen LogP contribution in [0.15, 0.2) is 38.6 Å². The normalized spacial score (nSPS) is 15.0. The van der Waals surface area contributed by atoms with E-state index in [4.69, 9.17) is 5.26 Å². The molecule has 1 aromatic carbocycles. The molecule has 2 aromatic rings. The molecule has 0 bridgehead atoms. The predicted octanol–water partition coefficient (Wildman–Crippen LogP) is 4.50. The maximum absolute atomic E-state index is 12.7. The Morgan fingerprint density at radius 2 is 1.88 bits per heavy atom. The molecule has 0 radical (unpaired) electrons. The standard InChI is InChI=1S/C17H15Br2N3OS/c18-14-10-15(24-16(14)19)17(23)22-7-1-6-21(8-9-22)13-4-2-12(11-20)3-5-13/h2-5,10H,1,6-9H2. The summed E-state index contributed by atoms with van der Waals surface area (Å²) >= 11 is 8.34. The van der Waals surface area contributed by atoms with Crippen LogP contribution in [0.3, 0.4) is 0 Å². The van der Waals surface area contributed by atoms with E-state index in [0.717, 1.165) is 44.9 Å². The number of anilines is 1. The van der Waals surface area contributed by atoms with Gasteiger partial charge in [0.2, 0.25) is 0 Å². The van der Waals surface area contributed by atoms with Crippen LogP contribution in [0.1, 0.15) is 21.7 Å². The zero-order chi connectivity index (χ0) is 17.1. The molecule has 1 saturated heterocycles. The lowest BCUT2D eigenvalue weighted by Crippen LogP contribution is -2.34. The molecular formula is C17H15Br2N3OS. The quantitative estimate of drug-likeness (QED) is 0.651. The molecule has 0 aliphatic carbocycles. The average Bonchev–Trinajstić information content (AvgIpc) is 2.80. The minimum atomic E-state index is 0.0908. The number of nitriles is 1. The Hall–Kier alpha value is -1.36. The van der Waals surface area contributed by atoms with E-state index >= 15 is 0 Å². The number of halogens is 2. The minimum Gasteiger partial charge on any atom is -0.370 e. The first-order chi connectivity index (χ1) is 11.6. The van der Waals surface area contributed by atoms with Crippen LogP contribution in [-0.2, 0) is 0 Å². The van der Waals surface area contributed by atoms with E-state index in [1.807, 2.05) is 35.2 Å². The number of thiophene rings is 1. The highest BCUT2D eigenvalue weighted by Crippen LogP contribution is 2.33. The zero-order valence-electron chi connectivity index (χ0n) is 12.8. The van der Waals surface area contributed by atoms with E-state index < -0.39 is 0 Å². The highest BCUT2D eigenvalue weighted by atomic mass is 79.9. The molecule has 2 heterocycles. The molecule has 0 atom stereocenters. The fourth-order valence-electron chi connectivity index (χ4n) is 2.73. The van der Waals surface area contributed by atoms with Crippen molar-refractivity contribution in [3.05, 3.63) is 49.0 Å². The van der Waals surface area contributed by atoms with Gasteiger partial charge in [-0.1, -0.05) is 0 Å². The van der Waals surface area contributed by atoms with E-state index in [-0.39, 0.29) is 5.91 Å². The first-order valence-corrected chi connectivity index (χ1v) is 9.98. The molecule has 24 heavy (non-hydrogen) atoms. The molecule has 1 fully saturated rings. The number of carbonyl (C=O) groups excluding carboxylic acids is 1. The molecule has 1 amide bonds. The first kappa shape index (κ1) is 17.5. The summed E-state index contributed by atoms with van der Waals surface area (Å²) in [5.41, 5.74) is 1.77. The lowest BCUT2D eigenvalue weighted by molar-refractivity contribution is 0.0772. The third kappa shape index (κ3) is 3.82. The number of amides is 1. The van der Waals surface area contributed by atoms with Gasteiger partial charge >= 0.3 is 0 Å². The van der Waals surface area contributed by atoms with Crippen molar-refractivity contribution in [3.63, 3.8) is 0 Å². The third-order valence-corrected chi connectivity index (χ3v) is 7.24. The van der Waals surface area contributed by atoms with Crippen LogP contribution in [0.25, 0.3) is 0 Å². The first-order valence-electron chi connectivity index (χ1n) is 7.57. The number of rotatable bonds is 2. The maximum Gasteiger partial charge on any atom is 0.264 e. The number of nitrogens with zero attached hydrogens (tertiary/aromatic N) is 3. The summed E-state index contributed by atoms with van der Waals surface area (Å²) in [4.78, 5) is 17.6. The number of benzene rings is 1. The average molecular weight is 469 g/mol. The van der Waals surface area contributed by atoms with Crippen LogP contribution < -0.4 is 4.90 Å². The highest BCUT2D eigenvalue weighted by Gasteiger charge is 2.22. The second kappa shape index (κ2) is 7.68. The topological polar surface area (TPSA) is 47.3 Å². The summed E-state index contributed by atoms with van der Waals surface area (Å²) in [5.74, 6) is 0.0908. The van der Waals surface area contributed by atoms with Gasteiger partial charge in [0.1, 0.15) is 0 Å². The molecule has 4 nitrogen and oxygen atoms in total. The summed E-state index contributed by atoms with van der Waals surface area (Å²) < 4.78 is 1.87. The number of carbonyl (C=O) groups is 1. The molecule has 0 spiro atoms. The molecular weight excluding hydrogens is 454 g/mol. The maximum atomic E-state index is 12.7. The van der Waals surface area contributed by atoms with Gasteiger partial charge < -0.3 is 9.80 Å². The smallest absolute Gasteiger partial charge is 0.264 e. The Morgan fingerprint density at radius 1 is 1.12 bits per heavy atom. The van der Waals surface area contributed by atoms with Crippen molar-refractivity contribution in [2.45, 2.75) is 6.42 Å². The van der Waals surface area contributed by atoms with Gasteiger partial charge in [0.05, 0.1) is 20.3 Å². The Kier molecular flexibility index (Phi) is 5.59. The van der Waals surface area contributed by atoms with Crippen LogP contribution in [0.4, 0.5) is 5.69 Å². The van der Waals surface area contributed by atoms with Gasteiger partial charge in [0.15, 0.2) is 0 Å². The van der Waals surface area contributed by atoms with Crippen LogP contribution in [0.5, 0.6) is 0 Å². The second-order valence-electron chi connectivity index (χ2n) is 5.52. The fraction of sp³-hybridized carbons (Fsp3) is 0.294. The Bertz CT molecular complexity index is 763. The molecule has 1 aliphatic heterocycles. The molecule has 1 aromatic heterocycles. The molecule has 124 valence electrons. The lowest BCUT2D eigenvalue weighted by atomic mass is 10.2. The van der Waals surface area contributed by atoms with Gasteiger partial charge in [-0.25, -0.2) is 0 Å². The lowest BCUT2D eigenvalue weighted by Gasteiger charge is -2.23. The zero-order valence-corrected chi connectivity index (χ0v) is 16.8.